The lowest BCUT2D eigenvalue weighted by atomic mass is 10.0. The van der Waals surface area contributed by atoms with Gasteiger partial charge in [0.05, 0.1) is 11.1 Å². The van der Waals surface area contributed by atoms with Crippen LogP contribution in [0, 0.1) is 6.92 Å². The molecule has 2 N–H and O–H groups in total. The minimum atomic E-state index is -0.278. The molecule has 2 heterocycles. The van der Waals surface area contributed by atoms with Gasteiger partial charge in [0.2, 0.25) is 5.91 Å². The van der Waals surface area contributed by atoms with Crippen molar-refractivity contribution in [1.82, 2.24) is 15.1 Å². The number of carbonyl (C=O) groups excluding carboxylic acids is 1. The molecule has 6 nitrogen and oxygen atoms in total. The van der Waals surface area contributed by atoms with Crippen LogP contribution in [0.4, 0.5) is 0 Å². The van der Waals surface area contributed by atoms with Gasteiger partial charge in [0.1, 0.15) is 6.54 Å². The van der Waals surface area contributed by atoms with Gasteiger partial charge in [-0.2, -0.15) is 5.10 Å². The summed E-state index contributed by atoms with van der Waals surface area (Å²) in [6, 6.07) is 19.1. The molecule has 1 amide bonds. The summed E-state index contributed by atoms with van der Waals surface area (Å²) >= 11 is 0. The second kappa shape index (κ2) is 8.06. The third-order valence-electron chi connectivity index (χ3n) is 4.75. The molecule has 2 aromatic carbocycles. The summed E-state index contributed by atoms with van der Waals surface area (Å²) < 4.78 is 1.24. The van der Waals surface area contributed by atoms with Gasteiger partial charge in [0.15, 0.2) is 12.4 Å². The molecule has 0 unspecified atom stereocenters. The van der Waals surface area contributed by atoms with Crippen molar-refractivity contribution in [3.05, 3.63) is 94.5 Å². The van der Waals surface area contributed by atoms with Crippen LogP contribution in [-0.4, -0.2) is 15.7 Å². The molecule has 4 aromatic rings. The first-order valence-electron chi connectivity index (χ1n) is 9.40. The van der Waals surface area contributed by atoms with Gasteiger partial charge in [-0.15, -0.1) is 0 Å². The molecular weight excluding hydrogens is 364 g/mol. The van der Waals surface area contributed by atoms with Crippen molar-refractivity contribution in [2.45, 2.75) is 20.0 Å². The van der Waals surface area contributed by atoms with Crippen LogP contribution in [-0.2, 0) is 17.9 Å². The van der Waals surface area contributed by atoms with Crippen LogP contribution in [0.25, 0.3) is 22.0 Å². The maximum Gasteiger partial charge on any atom is 0.275 e. The Kier molecular flexibility index (Phi) is 5.16. The Hall–Kier alpha value is -3.80. The van der Waals surface area contributed by atoms with E-state index in [0.29, 0.717) is 17.6 Å². The van der Waals surface area contributed by atoms with E-state index in [1.54, 1.807) is 12.3 Å². The van der Waals surface area contributed by atoms with E-state index < -0.39 is 0 Å². The van der Waals surface area contributed by atoms with Crippen molar-refractivity contribution in [3.63, 3.8) is 0 Å². The summed E-state index contributed by atoms with van der Waals surface area (Å²) in [6.07, 6.45) is 3.62. The van der Waals surface area contributed by atoms with E-state index in [0.717, 1.165) is 22.1 Å². The van der Waals surface area contributed by atoms with Crippen molar-refractivity contribution in [3.8, 4) is 11.3 Å². The lowest BCUT2D eigenvalue weighted by Crippen LogP contribution is -2.33. The number of aromatic nitrogens is 3. The molecule has 0 atom stereocenters. The highest BCUT2D eigenvalue weighted by Crippen LogP contribution is 2.24. The third kappa shape index (κ3) is 4.06. The van der Waals surface area contributed by atoms with Crippen molar-refractivity contribution in [1.29, 1.82) is 0 Å². The molecule has 2 aromatic heterocycles. The number of benzene rings is 2. The van der Waals surface area contributed by atoms with Crippen LogP contribution in [0.1, 0.15) is 11.1 Å². The average molecular weight is 385 g/mol. The average Bonchev–Trinajstić information content (AvgIpc) is 2.76. The fourth-order valence-electron chi connectivity index (χ4n) is 3.20. The number of carbonyl (C=O) groups is 1. The monoisotopic (exact) mass is 385 g/mol. The van der Waals surface area contributed by atoms with Gasteiger partial charge < -0.3 is 5.32 Å². The fraction of sp³-hybridized carbons (Fsp3) is 0.130. The Labute approximate surface area is 167 Å². The Morgan fingerprint density at radius 1 is 1.03 bits per heavy atom. The van der Waals surface area contributed by atoms with Gasteiger partial charge in [0.25, 0.3) is 5.56 Å². The number of pyridine rings is 1. The number of aromatic amines is 1. The Morgan fingerprint density at radius 3 is 2.52 bits per heavy atom. The van der Waals surface area contributed by atoms with E-state index in [1.165, 1.54) is 4.68 Å². The minimum absolute atomic E-state index is 0.140. The lowest BCUT2D eigenvalue weighted by molar-refractivity contribution is -0.378. The van der Waals surface area contributed by atoms with E-state index in [1.807, 2.05) is 67.7 Å². The summed E-state index contributed by atoms with van der Waals surface area (Å²) in [6.45, 7) is 2.26. The molecule has 0 fully saturated rings. The molecule has 0 aliphatic rings. The van der Waals surface area contributed by atoms with Gasteiger partial charge in [-0.1, -0.05) is 48.0 Å². The van der Waals surface area contributed by atoms with E-state index in [2.05, 4.69) is 15.4 Å². The highest BCUT2D eigenvalue weighted by molar-refractivity contribution is 5.93. The molecule has 0 radical (unpaired) electrons. The Morgan fingerprint density at radius 2 is 1.79 bits per heavy atom. The molecule has 4 rings (SSSR count). The topological polar surface area (TPSA) is 78.1 Å². The fourth-order valence-corrected chi connectivity index (χ4v) is 3.20. The second-order valence-corrected chi connectivity index (χ2v) is 6.91. The summed E-state index contributed by atoms with van der Waals surface area (Å²) in [5.74, 6) is -0.270. The number of hydrogen-bond acceptors (Lipinski definition) is 3. The summed E-state index contributed by atoms with van der Waals surface area (Å²) in [4.78, 5) is 28.3. The number of amides is 1. The number of hydrogen-bond donors (Lipinski definition) is 1. The largest absolute Gasteiger partial charge is 0.350 e. The normalized spacial score (nSPS) is 10.8. The molecular formula is C23H21N4O2+. The van der Waals surface area contributed by atoms with Gasteiger partial charge >= 0.3 is 0 Å². The van der Waals surface area contributed by atoms with Crippen molar-refractivity contribution >= 4 is 16.7 Å². The lowest BCUT2D eigenvalue weighted by Gasteiger charge is -2.11. The number of aryl methyl sites for hydroxylation is 1. The van der Waals surface area contributed by atoms with Crippen LogP contribution < -0.4 is 15.9 Å². The molecule has 0 saturated heterocycles. The van der Waals surface area contributed by atoms with Crippen molar-refractivity contribution in [2.24, 2.45) is 0 Å². The van der Waals surface area contributed by atoms with E-state index in [-0.39, 0.29) is 18.0 Å². The molecule has 29 heavy (non-hydrogen) atoms. The maximum absolute atomic E-state index is 12.9. The van der Waals surface area contributed by atoms with Crippen molar-refractivity contribution < 1.29 is 9.78 Å². The van der Waals surface area contributed by atoms with Crippen molar-refractivity contribution in [2.75, 3.05) is 0 Å². The standard InChI is InChI=1S/C23H20N4O2/c1-16-8-10-18(11-9-16)22-19-6-2-3-7-20(19)23(29)27(26-22)15-21(28)25-14-17-5-4-12-24-13-17/h2-13H,14-15H2,1H3,(H,25,28)/p+1. The second-order valence-electron chi connectivity index (χ2n) is 6.91. The van der Waals surface area contributed by atoms with Crippen LogP contribution >= 0.6 is 0 Å². The number of nitrogens with one attached hydrogen (secondary N) is 2. The predicted octanol–water partition coefficient (Wildman–Crippen LogP) is 2.50. The van der Waals surface area contributed by atoms with Crippen LogP contribution in [0.2, 0.25) is 0 Å². The summed E-state index contributed by atoms with van der Waals surface area (Å²) in [5.41, 5.74) is 3.40. The molecule has 0 bridgehead atoms. The van der Waals surface area contributed by atoms with Crippen LogP contribution in [0.3, 0.4) is 0 Å². The highest BCUT2D eigenvalue weighted by atomic mass is 16.2. The zero-order chi connectivity index (χ0) is 20.2. The van der Waals surface area contributed by atoms with Gasteiger partial charge in [-0.05, 0) is 19.1 Å². The first kappa shape index (κ1) is 18.6. The summed E-state index contributed by atoms with van der Waals surface area (Å²) in [7, 11) is 0. The van der Waals surface area contributed by atoms with E-state index >= 15 is 0 Å². The van der Waals surface area contributed by atoms with Crippen LogP contribution in [0.5, 0.6) is 0 Å². The number of rotatable bonds is 5. The summed E-state index contributed by atoms with van der Waals surface area (Å²) in [5, 5.41) is 8.68. The first-order chi connectivity index (χ1) is 14.1. The Bertz CT molecular complexity index is 1220. The third-order valence-corrected chi connectivity index (χ3v) is 4.75. The zero-order valence-electron chi connectivity index (χ0n) is 16.1. The molecule has 0 aliphatic carbocycles. The maximum atomic E-state index is 12.9. The minimum Gasteiger partial charge on any atom is -0.350 e. The van der Waals surface area contributed by atoms with E-state index in [9.17, 15) is 9.59 Å². The first-order valence-corrected chi connectivity index (χ1v) is 9.40. The molecule has 6 heteroatoms. The zero-order valence-corrected chi connectivity index (χ0v) is 16.1. The highest BCUT2D eigenvalue weighted by Gasteiger charge is 2.14. The quantitative estimate of drug-likeness (QED) is 0.573. The Balaban J connectivity index is 1.67. The number of H-pyrrole nitrogens is 1. The van der Waals surface area contributed by atoms with E-state index in [4.69, 9.17) is 0 Å². The molecule has 0 spiro atoms. The smallest absolute Gasteiger partial charge is 0.275 e. The van der Waals surface area contributed by atoms with Crippen LogP contribution in [0.15, 0.2) is 77.9 Å². The predicted molar refractivity (Wildman–Crippen MR) is 111 cm³/mol. The molecule has 0 aliphatic heterocycles. The molecule has 0 saturated carbocycles. The number of fused-ring (bicyclic) bond motifs is 1. The van der Waals surface area contributed by atoms with Gasteiger partial charge in [-0.3, -0.25) is 9.59 Å². The number of nitrogens with zero attached hydrogens (tertiary/aromatic N) is 2. The SMILES string of the molecule is Cc1ccc(-c2nn(CC(=O)NCc3ccc[nH+]c3)c(=O)c3ccccc23)cc1. The molecule has 144 valence electrons. The van der Waals surface area contributed by atoms with Gasteiger partial charge in [-0.25, -0.2) is 9.67 Å². The van der Waals surface area contributed by atoms with Gasteiger partial charge in [0, 0.05) is 29.1 Å².